The van der Waals surface area contributed by atoms with Crippen LogP contribution in [0.1, 0.15) is 36.8 Å². The fourth-order valence-electron chi connectivity index (χ4n) is 2.79. The molecule has 2 nitrogen and oxygen atoms in total. The summed E-state index contributed by atoms with van der Waals surface area (Å²) in [6, 6.07) is 7.45. The van der Waals surface area contributed by atoms with Crippen LogP contribution in [0.15, 0.2) is 24.3 Å². The summed E-state index contributed by atoms with van der Waals surface area (Å²) in [6.45, 7) is 4.57. The molecule has 3 rings (SSSR count). The average molecular weight is 259 g/mol. The summed E-state index contributed by atoms with van der Waals surface area (Å²) >= 11 is 1.74. The van der Waals surface area contributed by atoms with Crippen molar-refractivity contribution in [1.82, 2.24) is 4.98 Å². The van der Waals surface area contributed by atoms with Gasteiger partial charge in [0.15, 0.2) is 0 Å². The average Bonchev–Trinajstić information content (AvgIpc) is 2.73. The first-order chi connectivity index (χ1) is 8.65. The summed E-state index contributed by atoms with van der Waals surface area (Å²) < 4.78 is 0. The van der Waals surface area contributed by atoms with Crippen LogP contribution in [0.3, 0.4) is 0 Å². The molecular weight excluding hydrogens is 242 g/mol. The molecule has 1 N–H and O–H groups in total. The van der Waals surface area contributed by atoms with E-state index in [-0.39, 0.29) is 0 Å². The summed E-state index contributed by atoms with van der Waals surface area (Å²) in [5.74, 6) is 1.64. The van der Waals surface area contributed by atoms with Crippen LogP contribution < -0.4 is 0 Å². The Balaban J connectivity index is 2.06. The molecular formula is C15H17NOS. The maximum atomic E-state index is 9.91. The first kappa shape index (κ1) is 11.7. The molecule has 1 aromatic carbocycles. The van der Waals surface area contributed by atoms with E-state index in [0.717, 1.165) is 17.0 Å². The highest BCUT2D eigenvalue weighted by Gasteiger charge is 2.26. The van der Waals surface area contributed by atoms with E-state index in [1.165, 1.54) is 17.0 Å². The minimum Gasteiger partial charge on any atom is -0.507 e. The zero-order valence-electron chi connectivity index (χ0n) is 10.7. The van der Waals surface area contributed by atoms with Crippen molar-refractivity contribution in [1.29, 1.82) is 0 Å². The first-order valence-corrected chi connectivity index (χ1v) is 7.24. The number of thiazole rings is 1. The maximum Gasteiger partial charge on any atom is 0.127 e. The van der Waals surface area contributed by atoms with Gasteiger partial charge in [-0.2, -0.15) is 0 Å². The van der Waals surface area contributed by atoms with Crippen LogP contribution in [-0.4, -0.2) is 10.1 Å². The fraction of sp³-hybridized carbons (Fsp3) is 0.400. The molecule has 3 heteroatoms. The molecule has 2 atom stereocenters. The van der Waals surface area contributed by atoms with Gasteiger partial charge in [0.05, 0.1) is 11.3 Å². The van der Waals surface area contributed by atoms with Crippen molar-refractivity contribution < 1.29 is 5.11 Å². The van der Waals surface area contributed by atoms with Crippen molar-refractivity contribution in [3.05, 3.63) is 34.8 Å². The molecule has 2 unspecified atom stereocenters. The third kappa shape index (κ3) is 1.93. The van der Waals surface area contributed by atoms with E-state index in [1.54, 1.807) is 17.4 Å². The standard InChI is InChI=1S/C15H17NOS/c1-9-7-10(2)14-12(8-9)16-15(18-14)11-5-3-4-6-13(11)17/h3-6,9-10,17H,7-8H2,1-2H3. The van der Waals surface area contributed by atoms with Gasteiger partial charge in [-0.1, -0.05) is 26.0 Å². The Morgan fingerprint density at radius 1 is 1.28 bits per heavy atom. The molecule has 1 aromatic heterocycles. The number of phenols is 1. The number of rotatable bonds is 1. The van der Waals surface area contributed by atoms with E-state index in [2.05, 4.69) is 13.8 Å². The van der Waals surface area contributed by atoms with Gasteiger partial charge in [-0.3, -0.25) is 0 Å². The number of benzene rings is 1. The first-order valence-electron chi connectivity index (χ1n) is 6.43. The van der Waals surface area contributed by atoms with Crippen LogP contribution in [-0.2, 0) is 6.42 Å². The summed E-state index contributed by atoms with van der Waals surface area (Å²) in [5.41, 5.74) is 2.10. The Labute approximate surface area is 111 Å². The van der Waals surface area contributed by atoms with E-state index in [1.807, 2.05) is 18.2 Å². The summed E-state index contributed by atoms with van der Waals surface area (Å²) in [4.78, 5) is 6.15. The molecule has 0 radical (unpaired) electrons. The second-order valence-electron chi connectivity index (χ2n) is 5.29. The summed E-state index contributed by atoms with van der Waals surface area (Å²) in [7, 11) is 0. The SMILES string of the molecule is CC1Cc2nc(-c3ccccc3O)sc2C(C)C1. The van der Waals surface area contributed by atoms with E-state index in [0.29, 0.717) is 17.6 Å². The molecule has 0 aliphatic heterocycles. The number of nitrogens with zero attached hydrogens (tertiary/aromatic N) is 1. The number of hydrogen-bond donors (Lipinski definition) is 1. The number of aromatic hydroxyl groups is 1. The van der Waals surface area contributed by atoms with E-state index < -0.39 is 0 Å². The number of aromatic nitrogens is 1. The van der Waals surface area contributed by atoms with Gasteiger partial charge in [-0.25, -0.2) is 4.98 Å². The molecule has 0 saturated heterocycles. The van der Waals surface area contributed by atoms with Crippen LogP contribution in [0.4, 0.5) is 0 Å². The van der Waals surface area contributed by atoms with E-state index in [9.17, 15) is 5.11 Å². The molecule has 1 aliphatic carbocycles. The van der Waals surface area contributed by atoms with Crippen molar-refractivity contribution >= 4 is 11.3 Å². The molecule has 94 valence electrons. The third-order valence-corrected chi connectivity index (χ3v) is 4.97. The molecule has 0 spiro atoms. The lowest BCUT2D eigenvalue weighted by atomic mass is 9.86. The Hall–Kier alpha value is -1.35. The van der Waals surface area contributed by atoms with Gasteiger partial charge in [0.2, 0.25) is 0 Å². The number of fused-ring (bicyclic) bond motifs is 1. The van der Waals surface area contributed by atoms with Gasteiger partial charge in [0.1, 0.15) is 10.8 Å². The van der Waals surface area contributed by atoms with Gasteiger partial charge >= 0.3 is 0 Å². The number of para-hydroxylation sites is 1. The minimum atomic E-state index is 0.323. The predicted molar refractivity (Wildman–Crippen MR) is 75.1 cm³/mol. The Kier molecular flexibility index (Phi) is 2.86. The third-order valence-electron chi connectivity index (χ3n) is 3.61. The molecule has 0 amide bonds. The highest BCUT2D eigenvalue weighted by atomic mass is 32.1. The van der Waals surface area contributed by atoms with Crippen LogP contribution in [0.5, 0.6) is 5.75 Å². The van der Waals surface area contributed by atoms with Gasteiger partial charge in [-0.05, 0) is 36.8 Å². The van der Waals surface area contributed by atoms with E-state index in [4.69, 9.17) is 4.98 Å². The molecule has 2 aromatic rings. The molecule has 0 fully saturated rings. The highest BCUT2D eigenvalue weighted by molar-refractivity contribution is 7.15. The zero-order chi connectivity index (χ0) is 12.7. The van der Waals surface area contributed by atoms with Crippen LogP contribution in [0.2, 0.25) is 0 Å². The van der Waals surface area contributed by atoms with Crippen molar-refractivity contribution in [3.63, 3.8) is 0 Å². The van der Waals surface area contributed by atoms with Gasteiger partial charge < -0.3 is 5.11 Å². The lowest BCUT2D eigenvalue weighted by Gasteiger charge is -2.22. The molecule has 0 saturated carbocycles. The zero-order valence-corrected chi connectivity index (χ0v) is 11.5. The predicted octanol–water partition coefficient (Wildman–Crippen LogP) is 4.20. The molecule has 1 heterocycles. The summed E-state index contributed by atoms with van der Waals surface area (Å²) in [5, 5.41) is 10.9. The highest BCUT2D eigenvalue weighted by Crippen LogP contribution is 2.42. The normalized spacial score (nSPS) is 22.8. The van der Waals surface area contributed by atoms with Crippen LogP contribution in [0, 0.1) is 5.92 Å². The lowest BCUT2D eigenvalue weighted by Crippen LogP contribution is -2.12. The fourth-order valence-corrected chi connectivity index (χ4v) is 3.98. The van der Waals surface area contributed by atoms with Crippen molar-refractivity contribution in [2.24, 2.45) is 5.92 Å². The Bertz CT molecular complexity index is 576. The van der Waals surface area contributed by atoms with Gasteiger partial charge in [0.25, 0.3) is 0 Å². The van der Waals surface area contributed by atoms with Crippen molar-refractivity contribution in [3.8, 4) is 16.3 Å². The second kappa shape index (κ2) is 4.39. The van der Waals surface area contributed by atoms with Crippen LogP contribution >= 0.6 is 11.3 Å². The monoisotopic (exact) mass is 259 g/mol. The lowest BCUT2D eigenvalue weighted by molar-refractivity contribution is 0.450. The Morgan fingerprint density at radius 2 is 2.06 bits per heavy atom. The van der Waals surface area contributed by atoms with E-state index >= 15 is 0 Å². The smallest absolute Gasteiger partial charge is 0.127 e. The number of hydrogen-bond acceptors (Lipinski definition) is 3. The van der Waals surface area contributed by atoms with Gasteiger partial charge in [0, 0.05) is 4.88 Å². The largest absolute Gasteiger partial charge is 0.507 e. The molecule has 0 bridgehead atoms. The number of phenolic OH excluding ortho intramolecular Hbond substituents is 1. The van der Waals surface area contributed by atoms with Crippen molar-refractivity contribution in [2.75, 3.05) is 0 Å². The summed E-state index contributed by atoms with van der Waals surface area (Å²) in [6.07, 6.45) is 2.32. The quantitative estimate of drug-likeness (QED) is 0.832. The minimum absolute atomic E-state index is 0.323. The second-order valence-corrected chi connectivity index (χ2v) is 6.32. The Morgan fingerprint density at radius 3 is 2.83 bits per heavy atom. The van der Waals surface area contributed by atoms with Crippen LogP contribution in [0.25, 0.3) is 10.6 Å². The molecule has 1 aliphatic rings. The van der Waals surface area contributed by atoms with Crippen molar-refractivity contribution in [2.45, 2.75) is 32.6 Å². The topological polar surface area (TPSA) is 33.1 Å². The molecule has 18 heavy (non-hydrogen) atoms. The maximum absolute atomic E-state index is 9.91. The van der Waals surface area contributed by atoms with Gasteiger partial charge in [-0.15, -0.1) is 11.3 Å².